The van der Waals surface area contributed by atoms with Crippen LogP contribution in [0.4, 0.5) is 9.59 Å². The van der Waals surface area contributed by atoms with E-state index in [0.29, 0.717) is 13.0 Å². The van der Waals surface area contributed by atoms with Crippen LogP contribution in [0.3, 0.4) is 0 Å². The number of nitrogens with zero attached hydrogens (tertiary/aromatic N) is 1. The van der Waals surface area contributed by atoms with E-state index in [2.05, 4.69) is 5.32 Å². The Morgan fingerprint density at radius 1 is 1.03 bits per heavy atom. The number of rotatable bonds is 5. The number of esters is 1. The molecule has 0 spiro atoms. The molecule has 0 aliphatic carbocycles. The Kier molecular flexibility index (Phi) is 8.15. The van der Waals surface area contributed by atoms with Gasteiger partial charge in [0.1, 0.15) is 17.8 Å². The van der Waals surface area contributed by atoms with Crippen molar-refractivity contribution in [1.82, 2.24) is 10.2 Å². The van der Waals surface area contributed by atoms with Crippen LogP contribution in [0, 0.1) is 5.92 Å². The number of alkyl carbamates (subject to hydrolysis) is 1. The molecule has 0 radical (unpaired) electrons. The fourth-order valence-corrected chi connectivity index (χ4v) is 3.60. The Morgan fingerprint density at radius 2 is 1.62 bits per heavy atom. The molecule has 1 N–H and O–H groups in total. The number of carbonyl (C=O) groups is 3. The van der Waals surface area contributed by atoms with Gasteiger partial charge in [-0.2, -0.15) is 0 Å². The topological polar surface area (TPSA) is 94.2 Å². The van der Waals surface area contributed by atoms with E-state index in [0.717, 1.165) is 5.56 Å². The minimum Gasteiger partial charge on any atom is -0.460 e. The summed E-state index contributed by atoms with van der Waals surface area (Å²) in [7, 11) is 0. The Labute approximate surface area is 190 Å². The van der Waals surface area contributed by atoms with Crippen LogP contribution in [0.1, 0.15) is 60.5 Å². The summed E-state index contributed by atoms with van der Waals surface area (Å²) in [6.45, 7) is 12.8. The molecule has 32 heavy (non-hydrogen) atoms. The van der Waals surface area contributed by atoms with Crippen LogP contribution in [-0.2, 0) is 25.6 Å². The number of nitrogens with one attached hydrogen (secondary N) is 1. The first kappa shape index (κ1) is 25.5. The van der Waals surface area contributed by atoms with E-state index >= 15 is 0 Å². The molecule has 1 fully saturated rings. The van der Waals surface area contributed by atoms with Gasteiger partial charge in [-0.15, -0.1) is 0 Å². The van der Waals surface area contributed by atoms with E-state index in [-0.39, 0.29) is 6.61 Å². The monoisotopic (exact) mass is 448 g/mol. The highest BCUT2D eigenvalue weighted by Gasteiger charge is 2.45. The van der Waals surface area contributed by atoms with Gasteiger partial charge in [0.05, 0.1) is 18.0 Å². The van der Waals surface area contributed by atoms with Gasteiger partial charge in [-0.25, -0.2) is 9.59 Å². The van der Waals surface area contributed by atoms with Gasteiger partial charge in [-0.05, 0) is 60.5 Å². The standard InChI is InChI=1S/C24H36N2O6/c1-16(20(27)31-23(2,3)4)19-18(25-21(28)32-24(5,6)7)13-14-26(19)22(29)30-15-17-11-9-8-10-12-17/h8-12,16,18-19H,13-15H2,1-7H3,(H,25,28)/t16-,18+,19-/m1/s1. The number of benzene rings is 1. The molecule has 3 atom stereocenters. The molecule has 8 heteroatoms. The molecule has 1 heterocycles. The fraction of sp³-hybridized carbons (Fsp3) is 0.625. The number of hydrogen-bond donors (Lipinski definition) is 1. The molecule has 2 amide bonds. The molecule has 0 saturated carbocycles. The van der Waals surface area contributed by atoms with Crippen molar-refractivity contribution in [2.75, 3.05) is 6.54 Å². The maximum Gasteiger partial charge on any atom is 0.410 e. The Bertz CT molecular complexity index is 797. The van der Waals surface area contributed by atoms with E-state index in [9.17, 15) is 14.4 Å². The lowest BCUT2D eigenvalue weighted by Crippen LogP contribution is -2.53. The molecule has 1 aliphatic rings. The van der Waals surface area contributed by atoms with Gasteiger partial charge in [-0.1, -0.05) is 30.3 Å². The third kappa shape index (κ3) is 7.73. The normalized spacial score (nSPS) is 19.8. The van der Waals surface area contributed by atoms with Gasteiger partial charge in [0.15, 0.2) is 0 Å². The molecule has 1 aliphatic heterocycles. The van der Waals surface area contributed by atoms with Crippen LogP contribution in [0.25, 0.3) is 0 Å². The predicted octanol–water partition coefficient (Wildman–Crippen LogP) is 4.27. The molecular formula is C24H36N2O6. The highest BCUT2D eigenvalue weighted by molar-refractivity contribution is 5.76. The summed E-state index contributed by atoms with van der Waals surface area (Å²) in [5.74, 6) is -1.12. The first-order valence-electron chi connectivity index (χ1n) is 11.0. The van der Waals surface area contributed by atoms with Gasteiger partial charge in [0, 0.05) is 6.54 Å². The average molecular weight is 449 g/mol. The molecule has 1 saturated heterocycles. The third-order valence-corrected chi connectivity index (χ3v) is 4.89. The summed E-state index contributed by atoms with van der Waals surface area (Å²) < 4.78 is 16.4. The Hall–Kier alpha value is -2.77. The summed E-state index contributed by atoms with van der Waals surface area (Å²) >= 11 is 0. The van der Waals surface area contributed by atoms with Crippen molar-refractivity contribution in [3.8, 4) is 0 Å². The lowest BCUT2D eigenvalue weighted by Gasteiger charge is -2.33. The average Bonchev–Trinajstić information content (AvgIpc) is 3.06. The van der Waals surface area contributed by atoms with E-state index < -0.39 is 47.4 Å². The lowest BCUT2D eigenvalue weighted by atomic mass is 9.95. The van der Waals surface area contributed by atoms with Crippen LogP contribution in [0.2, 0.25) is 0 Å². The van der Waals surface area contributed by atoms with Gasteiger partial charge < -0.3 is 24.4 Å². The van der Waals surface area contributed by atoms with Crippen molar-refractivity contribution < 1.29 is 28.6 Å². The maximum absolute atomic E-state index is 12.9. The van der Waals surface area contributed by atoms with Crippen LogP contribution < -0.4 is 5.32 Å². The van der Waals surface area contributed by atoms with Crippen molar-refractivity contribution >= 4 is 18.2 Å². The molecule has 178 valence electrons. The zero-order chi connectivity index (χ0) is 24.1. The van der Waals surface area contributed by atoms with Crippen LogP contribution >= 0.6 is 0 Å². The second kappa shape index (κ2) is 10.2. The molecule has 8 nitrogen and oxygen atoms in total. The first-order valence-corrected chi connectivity index (χ1v) is 11.0. The van der Waals surface area contributed by atoms with Crippen LogP contribution in [0.15, 0.2) is 30.3 Å². The summed E-state index contributed by atoms with van der Waals surface area (Å²) in [5, 5.41) is 2.82. The van der Waals surface area contributed by atoms with E-state index in [4.69, 9.17) is 14.2 Å². The minimum absolute atomic E-state index is 0.119. The molecule has 0 unspecified atom stereocenters. The van der Waals surface area contributed by atoms with Crippen molar-refractivity contribution in [3.05, 3.63) is 35.9 Å². The SMILES string of the molecule is C[C@@H](C(=O)OC(C)(C)C)[C@@H]1[C@@H](NC(=O)OC(C)(C)C)CCN1C(=O)OCc1ccccc1. The highest BCUT2D eigenvalue weighted by atomic mass is 16.6. The third-order valence-electron chi connectivity index (χ3n) is 4.89. The van der Waals surface area contributed by atoms with Gasteiger partial charge >= 0.3 is 18.2 Å². The quantitative estimate of drug-likeness (QED) is 0.534. The molecular weight excluding hydrogens is 412 g/mol. The zero-order valence-corrected chi connectivity index (χ0v) is 20.1. The molecule has 1 aromatic rings. The number of ether oxygens (including phenoxy) is 3. The van der Waals surface area contributed by atoms with Crippen LogP contribution in [0.5, 0.6) is 0 Å². The number of amides is 2. The van der Waals surface area contributed by atoms with E-state index in [1.807, 2.05) is 30.3 Å². The molecule has 0 bridgehead atoms. The van der Waals surface area contributed by atoms with E-state index in [1.54, 1.807) is 48.5 Å². The van der Waals surface area contributed by atoms with Gasteiger partial charge in [0.2, 0.25) is 0 Å². The largest absolute Gasteiger partial charge is 0.460 e. The maximum atomic E-state index is 12.9. The van der Waals surface area contributed by atoms with Crippen molar-refractivity contribution in [3.63, 3.8) is 0 Å². The fourth-order valence-electron chi connectivity index (χ4n) is 3.60. The predicted molar refractivity (Wildman–Crippen MR) is 120 cm³/mol. The summed E-state index contributed by atoms with van der Waals surface area (Å²) in [5.41, 5.74) is -0.472. The van der Waals surface area contributed by atoms with Crippen molar-refractivity contribution in [2.45, 2.75) is 84.8 Å². The number of hydrogen-bond acceptors (Lipinski definition) is 6. The Morgan fingerprint density at radius 3 is 2.19 bits per heavy atom. The van der Waals surface area contributed by atoms with Crippen molar-refractivity contribution in [1.29, 1.82) is 0 Å². The first-order chi connectivity index (χ1) is 14.8. The second-order valence-corrected chi connectivity index (χ2v) is 10.1. The molecule has 2 rings (SSSR count). The highest BCUT2D eigenvalue weighted by Crippen LogP contribution is 2.28. The Balaban J connectivity index is 2.16. The van der Waals surface area contributed by atoms with Crippen LogP contribution in [-0.4, -0.2) is 52.9 Å². The summed E-state index contributed by atoms with van der Waals surface area (Å²) in [6, 6.07) is 8.25. The molecule has 0 aromatic heterocycles. The van der Waals surface area contributed by atoms with E-state index in [1.165, 1.54) is 4.90 Å². The van der Waals surface area contributed by atoms with Gasteiger partial charge in [-0.3, -0.25) is 4.79 Å². The van der Waals surface area contributed by atoms with Crippen molar-refractivity contribution in [2.24, 2.45) is 5.92 Å². The lowest BCUT2D eigenvalue weighted by molar-refractivity contribution is -0.161. The minimum atomic E-state index is -0.680. The number of likely N-dealkylation sites (tertiary alicyclic amines) is 1. The smallest absolute Gasteiger partial charge is 0.410 e. The zero-order valence-electron chi connectivity index (χ0n) is 20.1. The second-order valence-electron chi connectivity index (χ2n) is 10.1. The van der Waals surface area contributed by atoms with Gasteiger partial charge in [0.25, 0.3) is 0 Å². The summed E-state index contributed by atoms with van der Waals surface area (Å²) in [6.07, 6.45) is -0.663. The number of carbonyl (C=O) groups excluding carboxylic acids is 3. The molecule has 1 aromatic carbocycles. The summed E-state index contributed by atoms with van der Waals surface area (Å²) in [4.78, 5) is 39.6.